The van der Waals surface area contributed by atoms with E-state index in [0.29, 0.717) is 31.3 Å². The Bertz CT molecular complexity index is 886. The van der Waals surface area contributed by atoms with Crippen molar-refractivity contribution >= 4 is 29.1 Å². The summed E-state index contributed by atoms with van der Waals surface area (Å²) in [6.45, 7) is 3.75. The predicted molar refractivity (Wildman–Crippen MR) is 116 cm³/mol. The van der Waals surface area contributed by atoms with Gasteiger partial charge in [-0.05, 0) is 23.8 Å². The first-order valence-corrected chi connectivity index (χ1v) is 10.7. The molecule has 2 heterocycles. The van der Waals surface area contributed by atoms with Gasteiger partial charge >= 0.3 is 0 Å². The molecule has 0 saturated carbocycles. The fourth-order valence-electron chi connectivity index (χ4n) is 4.15. The third-order valence-corrected chi connectivity index (χ3v) is 6.13. The number of benzene rings is 2. The average molecular weight is 428 g/mol. The minimum atomic E-state index is -0.353. The molecule has 6 nitrogen and oxygen atoms in total. The molecule has 7 heteroatoms. The number of para-hydroxylation sites is 1. The van der Waals surface area contributed by atoms with E-state index in [9.17, 15) is 9.59 Å². The first-order chi connectivity index (χ1) is 14.6. The fourth-order valence-corrected chi connectivity index (χ4v) is 4.41. The Morgan fingerprint density at radius 3 is 2.53 bits per heavy atom. The third kappa shape index (κ3) is 4.67. The number of nitrogens with zero attached hydrogens (tertiary/aromatic N) is 2. The van der Waals surface area contributed by atoms with Crippen molar-refractivity contribution in [3.63, 3.8) is 0 Å². The molecule has 2 atom stereocenters. The summed E-state index contributed by atoms with van der Waals surface area (Å²) in [5, 5.41) is 3.77. The second kappa shape index (κ2) is 9.60. The number of morpholine rings is 1. The molecule has 4 rings (SSSR count). The van der Waals surface area contributed by atoms with Crippen LogP contribution in [0.15, 0.2) is 54.6 Å². The second-order valence-electron chi connectivity index (χ2n) is 7.67. The van der Waals surface area contributed by atoms with Crippen LogP contribution in [0, 0.1) is 5.92 Å². The molecule has 0 aromatic heterocycles. The summed E-state index contributed by atoms with van der Waals surface area (Å²) < 4.78 is 5.48. The van der Waals surface area contributed by atoms with Crippen LogP contribution in [0.4, 0.5) is 5.69 Å². The molecule has 2 aliphatic heterocycles. The van der Waals surface area contributed by atoms with Crippen molar-refractivity contribution in [1.29, 1.82) is 0 Å². The first-order valence-electron chi connectivity index (χ1n) is 10.3. The lowest BCUT2D eigenvalue weighted by atomic mass is 10.0. The Labute approximate surface area is 181 Å². The topological polar surface area (TPSA) is 61.9 Å². The first kappa shape index (κ1) is 20.8. The van der Waals surface area contributed by atoms with Crippen LogP contribution in [-0.2, 0) is 14.3 Å². The van der Waals surface area contributed by atoms with Crippen LogP contribution in [0.2, 0.25) is 5.02 Å². The summed E-state index contributed by atoms with van der Waals surface area (Å²) in [5.41, 5.74) is 1.83. The van der Waals surface area contributed by atoms with Crippen molar-refractivity contribution < 1.29 is 14.3 Å². The van der Waals surface area contributed by atoms with E-state index in [1.165, 1.54) is 0 Å². The average Bonchev–Trinajstić information content (AvgIpc) is 3.18. The Hall–Kier alpha value is -2.41. The van der Waals surface area contributed by atoms with E-state index in [2.05, 4.69) is 10.2 Å². The van der Waals surface area contributed by atoms with Gasteiger partial charge in [0.1, 0.15) is 0 Å². The monoisotopic (exact) mass is 427 g/mol. The van der Waals surface area contributed by atoms with Crippen molar-refractivity contribution in [2.45, 2.75) is 12.5 Å². The normalized spacial score (nSPS) is 20.9. The van der Waals surface area contributed by atoms with Crippen LogP contribution in [0.3, 0.4) is 0 Å². The van der Waals surface area contributed by atoms with E-state index in [1.54, 1.807) is 4.90 Å². The number of anilines is 1. The molecule has 0 radical (unpaired) electrons. The molecule has 0 spiro atoms. The fraction of sp³-hybridized carbons (Fsp3) is 0.391. The van der Waals surface area contributed by atoms with Crippen molar-refractivity contribution in [3.05, 3.63) is 65.2 Å². The molecule has 2 aromatic carbocycles. The molecule has 30 heavy (non-hydrogen) atoms. The molecule has 2 aromatic rings. The van der Waals surface area contributed by atoms with Gasteiger partial charge in [0.05, 0.1) is 25.2 Å². The Morgan fingerprint density at radius 1 is 1.10 bits per heavy atom. The van der Waals surface area contributed by atoms with Crippen LogP contribution in [0.1, 0.15) is 18.0 Å². The highest BCUT2D eigenvalue weighted by Gasteiger charge is 2.35. The maximum absolute atomic E-state index is 12.9. The quantitative estimate of drug-likeness (QED) is 0.770. The lowest BCUT2D eigenvalue weighted by Crippen LogP contribution is -2.45. The zero-order valence-corrected chi connectivity index (χ0v) is 17.6. The van der Waals surface area contributed by atoms with E-state index in [0.717, 1.165) is 24.3 Å². The molecule has 2 aliphatic rings. The van der Waals surface area contributed by atoms with Crippen LogP contribution in [0.5, 0.6) is 0 Å². The summed E-state index contributed by atoms with van der Waals surface area (Å²) >= 11 is 6.46. The van der Waals surface area contributed by atoms with E-state index in [-0.39, 0.29) is 30.2 Å². The molecular weight excluding hydrogens is 402 g/mol. The second-order valence-corrected chi connectivity index (χ2v) is 8.08. The van der Waals surface area contributed by atoms with Gasteiger partial charge in [-0.1, -0.05) is 48.0 Å². The van der Waals surface area contributed by atoms with Gasteiger partial charge in [0.2, 0.25) is 11.8 Å². The summed E-state index contributed by atoms with van der Waals surface area (Å²) in [6.07, 6.45) is 0.231. The van der Waals surface area contributed by atoms with Crippen molar-refractivity contribution in [2.24, 2.45) is 5.92 Å². The Balaban J connectivity index is 1.43. The van der Waals surface area contributed by atoms with Crippen LogP contribution in [-0.4, -0.2) is 56.1 Å². The number of rotatable bonds is 6. The van der Waals surface area contributed by atoms with Crippen molar-refractivity contribution in [3.8, 4) is 0 Å². The van der Waals surface area contributed by atoms with Gasteiger partial charge in [0, 0.05) is 43.3 Å². The SMILES string of the molecule is O=C(NCC(c1ccccc1Cl)N1CCOCC1)C1CC(=O)N(c2ccccc2)C1. The number of ether oxygens (including phenoxy) is 1. The third-order valence-electron chi connectivity index (χ3n) is 5.78. The standard InChI is InChI=1S/C23H26ClN3O3/c24-20-9-5-4-8-19(20)21(26-10-12-30-13-11-26)15-25-23(29)17-14-22(28)27(16-17)18-6-2-1-3-7-18/h1-9,17,21H,10-16H2,(H,25,29). The number of hydrogen-bond donors (Lipinski definition) is 1. The summed E-state index contributed by atoms with van der Waals surface area (Å²) in [7, 11) is 0. The Kier molecular flexibility index (Phi) is 6.67. The molecule has 2 amide bonds. The number of amides is 2. The van der Waals surface area contributed by atoms with Gasteiger partial charge in [0.15, 0.2) is 0 Å². The van der Waals surface area contributed by atoms with Crippen molar-refractivity contribution in [2.75, 3.05) is 44.3 Å². The lowest BCUT2D eigenvalue weighted by molar-refractivity contribution is -0.126. The molecule has 2 fully saturated rings. The van der Waals surface area contributed by atoms with Gasteiger partial charge in [0.25, 0.3) is 0 Å². The maximum Gasteiger partial charge on any atom is 0.227 e. The van der Waals surface area contributed by atoms with E-state index >= 15 is 0 Å². The minimum absolute atomic E-state index is 0.0165. The van der Waals surface area contributed by atoms with E-state index in [4.69, 9.17) is 16.3 Å². The van der Waals surface area contributed by atoms with Gasteiger partial charge in [-0.15, -0.1) is 0 Å². The van der Waals surface area contributed by atoms with Crippen molar-refractivity contribution in [1.82, 2.24) is 10.2 Å². The van der Waals surface area contributed by atoms with Gasteiger partial charge in [-0.3, -0.25) is 14.5 Å². The molecule has 0 bridgehead atoms. The molecule has 1 N–H and O–H groups in total. The van der Waals surface area contributed by atoms with E-state index < -0.39 is 0 Å². The minimum Gasteiger partial charge on any atom is -0.379 e. The number of nitrogens with one attached hydrogen (secondary N) is 1. The lowest BCUT2D eigenvalue weighted by Gasteiger charge is -2.35. The summed E-state index contributed by atoms with van der Waals surface area (Å²) in [4.78, 5) is 29.3. The summed E-state index contributed by atoms with van der Waals surface area (Å²) in [5.74, 6) is -0.460. The molecule has 2 unspecified atom stereocenters. The highest BCUT2D eigenvalue weighted by molar-refractivity contribution is 6.31. The molecule has 158 valence electrons. The Morgan fingerprint density at radius 2 is 1.80 bits per heavy atom. The smallest absolute Gasteiger partial charge is 0.227 e. The zero-order valence-electron chi connectivity index (χ0n) is 16.8. The molecular formula is C23H26ClN3O3. The molecule has 0 aliphatic carbocycles. The van der Waals surface area contributed by atoms with E-state index in [1.807, 2.05) is 54.6 Å². The highest BCUT2D eigenvalue weighted by atomic mass is 35.5. The van der Waals surface area contributed by atoms with Crippen LogP contribution < -0.4 is 10.2 Å². The van der Waals surface area contributed by atoms with Crippen LogP contribution in [0.25, 0.3) is 0 Å². The number of carbonyl (C=O) groups excluding carboxylic acids is 2. The number of halogens is 1. The maximum atomic E-state index is 12.9. The van der Waals surface area contributed by atoms with Gasteiger partial charge < -0.3 is 15.0 Å². The summed E-state index contributed by atoms with van der Waals surface area (Å²) in [6, 6.07) is 17.2. The largest absolute Gasteiger partial charge is 0.379 e. The highest BCUT2D eigenvalue weighted by Crippen LogP contribution is 2.29. The van der Waals surface area contributed by atoms with Gasteiger partial charge in [-0.25, -0.2) is 0 Å². The predicted octanol–water partition coefficient (Wildman–Crippen LogP) is 2.88. The van der Waals surface area contributed by atoms with Crippen LogP contribution >= 0.6 is 11.6 Å². The number of carbonyl (C=O) groups is 2. The molecule has 2 saturated heterocycles. The van der Waals surface area contributed by atoms with Gasteiger partial charge in [-0.2, -0.15) is 0 Å². The number of hydrogen-bond acceptors (Lipinski definition) is 4. The zero-order chi connectivity index (χ0) is 20.9.